The van der Waals surface area contributed by atoms with Gasteiger partial charge in [-0.3, -0.25) is 5.32 Å². The van der Waals surface area contributed by atoms with Gasteiger partial charge in [0.25, 0.3) is 0 Å². The van der Waals surface area contributed by atoms with Crippen LogP contribution in [0.5, 0.6) is 0 Å². The molecule has 1 aromatic heterocycles. The summed E-state index contributed by atoms with van der Waals surface area (Å²) < 4.78 is 10.7. The van der Waals surface area contributed by atoms with Crippen LogP contribution in [0.4, 0.5) is 0 Å². The fourth-order valence-corrected chi connectivity index (χ4v) is 2.69. The number of halogens is 1. The van der Waals surface area contributed by atoms with Gasteiger partial charge in [0.2, 0.25) is 0 Å². The maximum Gasteiger partial charge on any atom is 0.328 e. The summed E-state index contributed by atoms with van der Waals surface area (Å²) >= 11 is 4.88. The van der Waals surface area contributed by atoms with E-state index in [1.165, 1.54) is 18.4 Å². The lowest BCUT2D eigenvalue weighted by Gasteiger charge is -2.14. The minimum absolute atomic E-state index is 0.287. The Bertz CT molecular complexity index is 343. The van der Waals surface area contributed by atoms with Crippen molar-refractivity contribution in [3.63, 3.8) is 0 Å². The van der Waals surface area contributed by atoms with Crippen molar-refractivity contribution >= 4 is 33.2 Å². The molecule has 1 aromatic rings. The summed E-state index contributed by atoms with van der Waals surface area (Å²) in [6.07, 6.45) is 0. The number of carbonyl (C=O) groups excluding carboxylic acids is 1. The third-order valence-corrected chi connectivity index (χ3v) is 3.66. The van der Waals surface area contributed by atoms with Gasteiger partial charge in [-0.25, -0.2) is 4.79 Å². The zero-order chi connectivity index (χ0) is 12.0. The first-order valence-corrected chi connectivity index (χ1v) is 6.35. The Morgan fingerprint density at radius 3 is 2.81 bits per heavy atom. The van der Waals surface area contributed by atoms with Crippen molar-refractivity contribution in [2.45, 2.75) is 6.04 Å². The fraction of sp³-hybridized carbons (Fsp3) is 0.500. The first-order valence-electron chi connectivity index (χ1n) is 4.74. The van der Waals surface area contributed by atoms with Crippen LogP contribution in [0.2, 0.25) is 0 Å². The number of hydrogen-bond donors (Lipinski definition) is 1. The number of carbonyl (C=O) groups is 1. The molecule has 0 radical (unpaired) electrons. The van der Waals surface area contributed by atoms with Crippen LogP contribution in [-0.4, -0.2) is 33.3 Å². The van der Waals surface area contributed by atoms with Crippen LogP contribution < -0.4 is 5.32 Å². The summed E-state index contributed by atoms with van der Waals surface area (Å²) in [5.41, 5.74) is 0. The molecule has 0 aliphatic rings. The summed E-state index contributed by atoms with van der Waals surface area (Å²) in [4.78, 5) is 12.5. The zero-order valence-corrected chi connectivity index (χ0v) is 11.6. The van der Waals surface area contributed by atoms with E-state index in [1.807, 2.05) is 12.1 Å². The summed E-state index contributed by atoms with van der Waals surface area (Å²) in [6.45, 7) is 1.16. The van der Waals surface area contributed by atoms with E-state index in [1.54, 1.807) is 7.11 Å². The lowest BCUT2D eigenvalue weighted by molar-refractivity contribution is -0.143. The molecule has 0 fully saturated rings. The molecule has 0 aromatic carbocycles. The molecule has 1 rings (SSSR count). The number of thiophene rings is 1. The Kier molecular flexibility index (Phi) is 5.97. The Hall–Kier alpha value is -0.430. The van der Waals surface area contributed by atoms with Gasteiger partial charge < -0.3 is 9.47 Å². The minimum atomic E-state index is -0.420. The van der Waals surface area contributed by atoms with Crippen molar-refractivity contribution in [3.8, 4) is 0 Å². The molecule has 0 spiro atoms. The van der Waals surface area contributed by atoms with E-state index in [0.717, 1.165) is 8.66 Å². The molecule has 4 nitrogen and oxygen atoms in total. The average Bonchev–Trinajstić information content (AvgIpc) is 2.70. The summed E-state index contributed by atoms with van der Waals surface area (Å²) in [7, 11) is 3.01. The predicted octanol–water partition coefficient (Wildman–Crippen LogP) is 1.96. The van der Waals surface area contributed by atoms with Gasteiger partial charge in [-0.1, -0.05) is 0 Å². The molecule has 1 atom stereocenters. The molecule has 1 unspecified atom stereocenters. The van der Waals surface area contributed by atoms with E-state index < -0.39 is 6.04 Å². The van der Waals surface area contributed by atoms with Crippen LogP contribution in [0.3, 0.4) is 0 Å². The molecule has 1 N–H and O–H groups in total. The molecule has 90 valence electrons. The number of ether oxygens (including phenoxy) is 2. The van der Waals surface area contributed by atoms with E-state index >= 15 is 0 Å². The molecule has 0 bridgehead atoms. The van der Waals surface area contributed by atoms with E-state index in [4.69, 9.17) is 9.47 Å². The van der Waals surface area contributed by atoms with Gasteiger partial charge in [0.1, 0.15) is 6.04 Å². The fourth-order valence-electron chi connectivity index (χ4n) is 1.21. The second-order valence-electron chi connectivity index (χ2n) is 3.04. The van der Waals surface area contributed by atoms with Crippen molar-refractivity contribution < 1.29 is 14.3 Å². The highest BCUT2D eigenvalue weighted by molar-refractivity contribution is 9.11. The van der Waals surface area contributed by atoms with E-state index in [0.29, 0.717) is 13.2 Å². The van der Waals surface area contributed by atoms with Gasteiger partial charge in [0.05, 0.1) is 17.5 Å². The standard InChI is InChI=1S/C10H14BrNO3S/c1-14-6-5-12-9(10(13)15-2)7-3-4-8(11)16-7/h3-4,9,12H,5-6H2,1-2H3. The average molecular weight is 308 g/mol. The third kappa shape index (κ3) is 3.86. The number of hydrogen-bond acceptors (Lipinski definition) is 5. The molecule has 0 aliphatic heterocycles. The van der Waals surface area contributed by atoms with Crippen molar-refractivity contribution in [1.29, 1.82) is 0 Å². The Labute approximate surface area is 107 Å². The maximum atomic E-state index is 11.6. The normalized spacial score (nSPS) is 12.4. The smallest absolute Gasteiger partial charge is 0.328 e. The highest BCUT2D eigenvalue weighted by Crippen LogP contribution is 2.27. The van der Waals surface area contributed by atoms with Crippen LogP contribution in [-0.2, 0) is 14.3 Å². The number of methoxy groups -OCH3 is 2. The van der Waals surface area contributed by atoms with Crippen LogP contribution >= 0.6 is 27.3 Å². The van der Waals surface area contributed by atoms with E-state index in [-0.39, 0.29) is 5.97 Å². The Morgan fingerprint density at radius 2 is 2.31 bits per heavy atom. The number of nitrogens with one attached hydrogen (secondary N) is 1. The SMILES string of the molecule is COCCNC(C(=O)OC)c1ccc(Br)s1. The molecule has 0 saturated heterocycles. The number of rotatable bonds is 6. The van der Waals surface area contributed by atoms with Gasteiger partial charge in [0.15, 0.2) is 0 Å². The minimum Gasteiger partial charge on any atom is -0.468 e. The zero-order valence-electron chi connectivity index (χ0n) is 9.16. The molecule has 6 heteroatoms. The second-order valence-corrected chi connectivity index (χ2v) is 5.54. The predicted molar refractivity (Wildman–Crippen MR) is 66.7 cm³/mol. The monoisotopic (exact) mass is 307 g/mol. The molecule has 16 heavy (non-hydrogen) atoms. The first-order chi connectivity index (χ1) is 7.69. The highest BCUT2D eigenvalue weighted by Gasteiger charge is 2.22. The maximum absolute atomic E-state index is 11.6. The van der Waals surface area contributed by atoms with Crippen molar-refractivity contribution in [3.05, 3.63) is 20.8 Å². The van der Waals surface area contributed by atoms with E-state index in [2.05, 4.69) is 21.2 Å². The van der Waals surface area contributed by atoms with Crippen molar-refractivity contribution in [2.24, 2.45) is 0 Å². The van der Waals surface area contributed by atoms with Crippen molar-refractivity contribution in [2.75, 3.05) is 27.4 Å². The molecule has 0 aliphatic carbocycles. The third-order valence-electron chi connectivity index (χ3n) is 1.97. The van der Waals surface area contributed by atoms with Crippen LogP contribution in [0, 0.1) is 0 Å². The topological polar surface area (TPSA) is 47.6 Å². The van der Waals surface area contributed by atoms with Gasteiger partial charge >= 0.3 is 5.97 Å². The second kappa shape index (κ2) is 7.01. The molecular weight excluding hydrogens is 294 g/mol. The van der Waals surface area contributed by atoms with Crippen LogP contribution in [0.15, 0.2) is 15.9 Å². The largest absolute Gasteiger partial charge is 0.468 e. The van der Waals surface area contributed by atoms with Gasteiger partial charge in [-0.2, -0.15) is 0 Å². The molecule has 1 heterocycles. The van der Waals surface area contributed by atoms with Crippen molar-refractivity contribution in [1.82, 2.24) is 5.32 Å². The number of esters is 1. The van der Waals surface area contributed by atoms with E-state index in [9.17, 15) is 4.79 Å². The first kappa shape index (κ1) is 13.6. The molecule has 0 amide bonds. The van der Waals surface area contributed by atoms with Crippen LogP contribution in [0.1, 0.15) is 10.9 Å². The van der Waals surface area contributed by atoms with Gasteiger partial charge in [-0.15, -0.1) is 11.3 Å². The summed E-state index contributed by atoms with van der Waals surface area (Å²) in [6, 6.07) is 3.39. The summed E-state index contributed by atoms with van der Waals surface area (Å²) in [5.74, 6) is -0.287. The lowest BCUT2D eigenvalue weighted by Crippen LogP contribution is -2.31. The quantitative estimate of drug-likeness (QED) is 0.645. The Balaban J connectivity index is 2.67. The molecule has 0 saturated carbocycles. The lowest BCUT2D eigenvalue weighted by atomic mass is 10.2. The van der Waals surface area contributed by atoms with Gasteiger partial charge in [-0.05, 0) is 28.1 Å². The molecular formula is C10H14BrNO3S. The highest BCUT2D eigenvalue weighted by atomic mass is 79.9. The summed E-state index contributed by atoms with van der Waals surface area (Å²) in [5, 5.41) is 3.09. The van der Waals surface area contributed by atoms with Gasteiger partial charge in [0, 0.05) is 18.5 Å². The van der Waals surface area contributed by atoms with Crippen LogP contribution in [0.25, 0.3) is 0 Å². The Morgan fingerprint density at radius 1 is 1.56 bits per heavy atom.